The summed E-state index contributed by atoms with van der Waals surface area (Å²) in [7, 11) is 1.50. The maximum Gasteiger partial charge on any atom is 0.328 e. The minimum Gasteiger partial charge on any atom is -0.479 e. The second-order valence-electron chi connectivity index (χ2n) is 4.01. The lowest BCUT2D eigenvalue weighted by Gasteiger charge is -2.14. The molecule has 108 valence electrons. The summed E-state index contributed by atoms with van der Waals surface area (Å²) in [6, 6.07) is -0.576. The molecule has 7 nitrogen and oxygen atoms in total. The van der Waals surface area contributed by atoms with Crippen LogP contribution < -0.4 is 4.74 Å². The number of carbonyl (C=O) groups is 1. The van der Waals surface area contributed by atoms with Crippen LogP contribution in [-0.2, 0) is 15.4 Å². The molecule has 1 unspecified atom stereocenters. The Morgan fingerprint density at radius 2 is 2.25 bits per heavy atom. The quantitative estimate of drug-likeness (QED) is 0.617. The van der Waals surface area contributed by atoms with Gasteiger partial charge < -0.3 is 9.47 Å². The summed E-state index contributed by atoms with van der Waals surface area (Å²) in [4.78, 5) is 24.4. The largest absolute Gasteiger partial charge is 0.479 e. The van der Waals surface area contributed by atoms with Crippen molar-refractivity contribution < 1.29 is 14.3 Å². The Labute approximate surface area is 120 Å². The van der Waals surface area contributed by atoms with Crippen LogP contribution in [-0.4, -0.2) is 39.2 Å². The highest BCUT2D eigenvalue weighted by Gasteiger charge is 2.24. The van der Waals surface area contributed by atoms with E-state index in [4.69, 9.17) is 21.1 Å². The maximum atomic E-state index is 11.9. The number of esters is 1. The van der Waals surface area contributed by atoms with Crippen LogP contribution in [0, 0.1) is 0 Å². The predicted molar refractivity (Wildman–Crippen MR) is 72.8 cm³/mol. The predicted octanol–water partition coefficient (Wildman–Crippen LogP) is 1.70. The van der Waals surface area contributed by atoms with Crippen molar-refractivity contribution in [1.82, 2.24) is 19.5 Å². The number of ether oxygens (including phenoxy) is 2. The lowest BCUT2D eigenvalue weighted by molar-refractivity contribution is -0.146. The molecule has 0 bridgehead atoms. The van der Waals surface area contributed by atoms with Gasteiger partial charge in [0, 0.05) is 0 Å². The van der Waals surface area contributed by atoms with Gasteiger partial charge in [0.1, 0.15) is 18.2 Å². The van der Waals surface area contributed by atoms with Crippen molar-refractivity contribution in [3.63, 3.8) is 0 Å². The zero-order chi connectivity index (χ0) is 14.7. The zero-order valence-corrected chi connectivity index (χ0v) is 12.2. The summed E-state index contributed by atoms with van der Waals surface area (Å²) in [5, 5.41) is 0. The molecule has 2 aromatic heterocycles. The SMILES string of the molecule is CCOC(=O)C(C)n1c(CCl)nc2c(OC)ncnc21. The molecule has 0 radical (unpaired) electrons. The monoisotopic (exact) mass is 298 g/mol. The molecule has 8 heteroatoms. The number of aromatic nitrogens is 4. The highest BCUT2D eigenvalue weighted by molar-refractivity contribution is 6.16. The first kappa shape index (κ1) is 14.5. The Hall–Kier alpha value is -1.89. The number of rotatable bonds is 5. The number of hydrogen-bond acceptors (Lipinski definition) is 6. The molecule has 0 aliphatic heterocycles. The van der Waals surface area contributed by atoms with E-state index in [-0.39, 0.29) is 11.8 Å². The second kappa shape index (κ2) is 6.04. The van der Waals surface area contributed by atoms with E-state index in [9.17, 15) is 4.79 Å². The van der Waals surface area contributed by atoms with Crippen molar-refractivity contribution in [1.29, 1.82) is 0 Å². The summed E-state index contributed by atoms with van der Waals surface area (Å²) < 4.78 is 11.8. The molecule has 0 saturated carbocycles. The molecule has 2 aromatic rings. The van der Waals surface area contributed by atoms with Gasteiger partial charge in [-0.2, -0.15) is 4.98 Å². The van der Waals surface area contributed by atoms with Crippen molar-refractivity contribution in [3.8, 4) is 5.88 Å². The molecule has 2 heterocycles. The Morgan fingerprint density at radius 1 is 1.50 bits per heavy atom. The van der Waals surface area contributed by atoms with E-state index in [0.717, 1.165) is 0 Å². The fourth-order valence-electron chi connectivity index (χ4n) is 1.95. The van der Waals surface area contributed by atoms with Crippen LogP contribution in [0.25, 0.3) is 11.2 Å². The van der Waals surface area contributed by atoms with Crippen molar-refractivity contribution in [2.75, 3.05) is 13.7 Å². The number of halogens is 1. The fraction of sp³-hybridized carbons (Fsp3) is 0.500. The first-order chi connectivity index (χ1) is 9.63. The molecule has 0 fully saturated rings. The number of hydrogen-bond donors (Lipinski definition) is 0. The van der Waals surface area contributed by atoms with Crippen molar-refractivity contribution in [2.24, 2.45) is 0 Å². The van der Waals surface area contributed by atoms with Gasteiger partial charge in [-0.3, -0.25) is 4.57 Å². The smallest absolute Gasteiger partial charge is 0.328 e. The molecule has 2 rings (SSSR count). The summed E-state index contributed by atoms with van der Waals surface area (Å²) in [5.74, 6) is 0.636. The lowest BCUT2D eigenvalue weighted by atomic mass is 10.3. The maximum absolute atomic E-state index is 11.9. The number of alkyl halides is 1. The van der Waals surface area contributed by atoms with Crippen LogP contribution in [0.1, 0.15) is 25.7 Å². The number of fused-ring (bicyclic) bond motifs is 1. The van der Waals surface area contributed by atoms with Crippen LogP contribution in [0.15, 0.2) is 6.33 Å². The molecule has 0 aliphatic carbocycles. The topological polar surface area (TPSA) is 79.1 Å². The van der Waals surface area contributed by atoms with E-state index in [1.54, 1.807) is 18.4 Å². The van der Waals surface area contributed by atoms with Gasteiger partial charge in [0.2, 0.25) is 5.88 Å². The minimum absolute atomic E-state index is 0.142. The van der Waals surface area contributed by atoms with E-state index in [0.29, 0.717) is 29.5 Å². The van der Waals surface area contributed by atoms with Gasteiger partial charge in [0.05, 0.1) is 19.6 Å². The second-order valence-corrected chi connectivity index (χ2v) is 4.28. The van der Waals surface area contributed by atoms with Crippen LogP contribution >= 0.6 is 11.6 Å². The normalized spacial score (nSPS) is 12.4. The third-order valence-corrected chi connectivity index (χ3v) is 3.08. The van der Waals surface area contributed by atoms with Crippen LogP contribution in [0.3, 0.4) is 0 Å². The Bertz CT molecular complexity index is 628. The molecule has 1 atom stereocenters. The molecule has 0 aromatic carbocycles. The van der Waals surface area contributed by atoms with Gasteiger partial charge in [-0.1, -0.05) is 0 Å². The van der Waals surface area contributed by atoms with Gasteiger partial charge in [0.25, 0.3) is 0 Å². The van der Waals surface area contributed by atoms with Crippen LogP contribution in [0.2, 0.25) is 0 Å². The van der Waals surface area contributed by atoms with Gasteiger partial charge in [-0.15, -0.1) is 11.6 Å². The number of imidazole rings is 1. The Balaban J connectivity index is 2.59. The first-order valence-corrected chi connectivity index (χ1v) is 6.65. The summed E-state index contributed by atoms with van der Waals surface area (Å²) in [6.07, 6.45) is 1.36. The molecular formula is C12H15ClN4O3. The first-order valence-electron chi connectivity index (χ1n) is 6.12. The highest BCUT2D eigenvalue weighted by atomic mass is 35.5. The third-order valence-electron chi connectivity index (χ3n) is 2.84. The van der Waals surface area contributed by atoms with E-state index in [1.807, 2.05) is 0 Å². The number of methoxy groups -OCH3 is 1. The Kier molecular flexibility index (Phi) is 4.39. The number of carbonyl (C=O) groups excluding carboxylic acids is 1. The van der Waals surface area contributed by atoms with E-state index >= 15 is 0 Å². The number of nitrogens with zero attached hydrogens (tertiary/aromatic N) is 4. The van der Waals surface area contributed by atoms with Gasteiger partial charge in [-0.25, -0.2) is 14.8 Å². The average molecular weight is 299 g/mol. The van der Waals surface area contributed by atoms with Crippen molar-refractivity contribution in [3.05, 3.63) is 12.2 Å². The van der Waals surface area contributed by atoms with Gasteiger partial charge >= 0.3 is 5.97 Å². The van der Waals surface area contributed by atoms with Crippen LogP contribution in [0.5, 0.6) is 5.88 Å². The van der Waals surface area contributed by atoms with Crippen molar-refractivity contribution in [2.45, 2.75) is 25.8 Å². The van der Waals surface area contributed by atoms with Crippen molar-refractivity contribution >= 4 is 28.7 Å². The summed E-state index contributed by atoms with van der Waals surface area (Å²) in [5.41, 5.74) is 0.967. The molecular weight excluding hydrogens is 284 g/mol. The average Bonchev–Trinajstić information content (AvgIpc) is 2.84. The summed E-state index contributed by atoms with van der Waals surface area (Å²) in [6.45, 7) is 3.78. The minimum atomic E-state index is -0.576. The molecule has 0 aliphatic rings. The fourth-order valence-corrected chi connectivity index (χ4v) is 2.14. The molecule has 0 N–H and O–H groups in total. The molecule has 0 amide bonds. The molecule has 0 spiro atoms. The third kappa shape index (κ3) is 2.40. The molecule has 20 heavy (non-hydrogen) atoms. The van der Waals surface area contributed by atoms with E-state index in [2.05, 4.69) is 15.0 Å². The van der Waals surface area contributed by atoms with Crippen LogP contribution in [0.4, 0.5) is 0 Å². The standard InChI is InChI=1S/C12H15ClN4O3/c1-4-20-12(18)7(2)17-8(5-13)16-9-10(17)14-6-15-11(9)19-3/h6-7H,4-5H2,1-3H3. The van der Waals surface area contributed by atoms with Gasteiger partial charge in [-0.05, 0) is 13.8 Å². The Morgan fingerprint density at radius 3 is 2.85 bits per heavy atom. The highest BCUT2D eigenvalue weighted by Crippen LogP contribution is 2.26. The lowest BCUT2D eigenvalue weighted by Crippen LogP contribution is -2.21. The summed E-state index contributed by atoms with van der Waals surface area (Å²) >= 11 is 5.90. The molecule has 0 saturated heterocycles. The van der Waals surface area contributed by atoms with E-state index < -0.39 is 6.04 Å². The zero-order valence-electron chi connectivity index (χ0n) is 11.5. The van der Waals surface area contributed by atoms with Gasteiger partial charge in [0.15, 0.2) is 11.2 Å². The van der Waals surface area contributed by atoms with E-state index in [1.165, 1.54) is 13.4 Å².